The molecule has 0 atom stereocenters. The third-order valence-corrected chi connectivity index (χ3v) is 4.53. The minimum absolute atomic E-state index is 0.459. The van der Waals surface area contributed by atoms with E-state index in [0.29, 0.717) is 6.61 Å². The summed E-state index contributed by atoms with van der Waals surface area (Å²) in [6.45, 7) is 3.23. The second-order valence-electron chi connectivity index (χ2n) is 6.60. The van der Waals surface area contributed by atoms with Gasteiger partial charge in [0.05, 0.1) is 5.52 Å². The molecule has 2 aromatic carbocycles. The van der Waals surface area contributed by atoms with Crippen molar-refractivity contribution in [1.82, 2.24) is 14.5 Å². The summed E-state index contributed by atoms with van der Waals surface area (Å²) in [5, 5.41) is 4.62. The molecule has 2 aromatic heterocycles. The smallest absolute Gasteiger partial charge is 0.146 e. The summed E-state index contributed by atoms with van der Waals surface area (Å²) < 4.78 is 7.74. The van der Waals surface area contributed by atoms with Crippen molar-refractivity contribution >= 4 is 16.6 Å². The molecule has 0 radical (unpaired) electrons. The summed E-state index contributed by atoms with van der Waals surface area (Å²) in [7, 11) is 1.96. The topological polar surface area (TPSA) is 52.0 Å². The normalized spacial score (nSPS) is 10.9. The molecule has 4 aromatic rings. The Kier molecular flexibility index (Phi) is 4.75. The van der Waals surface area contributed by atoms with E-state index in [2.05, 4.69) is 39.6 Å². The van der Waals surface area contributed by atoms with Gasteiger partial charge in [0, 0.05) is 42.8 Å². The van der Waals surface area contributed by atoms with Crippen LogP contribution in [-0.2, 0) is 20.2 Å². The van der Waals surface area contributed by atoms with Gasteiger partial charge in [0.2, 0.25) is 0 Å². The summed E-state index contributed by atoms with van der Waals surface area (Å²) in [6, 6.07) is 18.5. The van der Waals surface area contributed by atoms with Gasteiger partial charge >= 0.3 is 0 Å². The number of hydrogen-bond donors (Lipinski definition) is 1. The number of rotatable bonds is 6. The molecule has 5 nitrogen and oxygen atoms in total. The van der Waals surface area contributed by atoms with Gasteiger partial charge < -0.3 is 14.6 Å². The first-order valence-corrected chi connectivity index (χ1v) is 8.96. The maximum Gasteiger partial charge on any atom is 0.146 e. The monoisotopic (exact) mass is 358 g/mol. The van der Waals surface area contributed by atoms with Crippen LogP contribution in [0.1, 0.15) is 17.1 Å². The number of ether oxygens (including phenoxy) is 1. The number of anilines is 1. The van der Waals surface area contributed by atoms with Crippen LogP contribution in [0.3, 0.4) is 0 Å². The highest BCUT2D eigenvalue weighted by Gasteiger charge is 2.02. The second-order valence-corrected chi connectivity index (χ2v) is 6.60. The molecule has 136 valence electrons. The predicted octanol–water partition coefficient (Wildman–Crippen LogP) is 4.47. The van der Waals surface area contributed by atoms with Gasteiger partial charge in [-0.3, -0.25) is 4.98 Å². The third-order valence-electron chi connectivity index (χ3n) is 4.53. The number of aromatic nitrogens is 3. The predicted molar refractivity (Wildman–Crippen MR) is 108 cm³/mol. The second kappa shape index (κ2) is 7.50. The number of imidazole rings is 1. The molecule has 2 heterocycles. The number of benzene rings is 2. The molecule has 0 saturated heterocycles. The lowest BCUT2D eigenvalue weighted by Crippen LogP contribution is -2.03. The molecule has 0 amide bonds. The van der Waals surface area contributed by atoms with E-state index in [1.54, 1.807) is 6.20 Å². The standard InChI is InChI=1S/C22H22N4O/c1-16-3-5-18-13-17(4-10-21(18)25-16)14-24-19-6-8-20(9-7-19)27-15-22-23-11-12-26(22)2/h3-13,24H,14-15H2,1-2H3. The van der Waals surface area contributed by atoms with Crippen LogP contribution in [0, 0.1) is 6.92 Å². The Morgan fingerprint density at radius 3 is 2.67 bits per heavy atom. The Morgan fingerprint density at radius 2 is 1.89 bits per heavy atom. The number of aryl methyl sites for hydroxylation is 2. The molecular weight excluding hydrogens is 336 g/mol. The molecule has 0 bridgehead atoms. The first kappa shape index (κ1) is 17.1. The lowest BCUT2D eigenvalue weighted by atomic mass is 10.1. The molecule has 0 aliphatic rings. The van der Waals surface area contributed by atoms with Crippen molar-refractivity contribution in [3.63, 3.8) is 0 Å². The van der Waals surface area contributed by atoms with Crippen molar-refractivity contribution in [2.24, 2.45) is 7.05 Å². The van der Waals surface area contributed by atoms with E-state index in [0.717, 1.165) is 40.4 Å². The molecule has 5 heteroatoms. The van der Waals surface area contributed by atoms with Gasteiger partial charge in [-0.05, 0) is 55.0 Å². The van der Waals surface area contributed by atoms with E-state index in [9.17, 15) is 0 Å². The average Bonchev–Trinajstić information content (AvgIpc) is 3.10. The lowest BCUT2D eigenvalue weighted by Gasteiger charge is -2.10. The molecule has 0 saturated carbocycles. The summed E-state index contributed by atoms with van der Waals surface area (Å²) in [5.74, 6) is 1.73. The Morgan fingerprint density at radius 1 is 1.04 bits per heavy atom. The van der Waals surface area contributed by atoms with Gasteiger partial charge in [0.1, 0.15) is 18.2 Å². The van der Waals surface area contributed by atoms with Crippen molar-refractivity contribution < 1.29 is 4.74 Å². The first-order valence-electron chi connectivity index (χ1n) is 8.96. The number of fused-ring (bicyclic) bond motifs is 1. The van der Waals surface area contributed by atoms with Crippen LogP contribution in [0.5, 0.6) is 5.75 Å². The molecular formula is C22H22N4O. The maximum atomic E-state index is 5.79. The van der Waals surface area contributed by atoms with Crippen LogP contribution in [0.4, 0.5) is 5.69 Å². The van der Waals surface area contributed by atoms with Crippen LogP contribution < -0.4 is 10.1 Å². The first-order chi connectivity index (χ1) is 13.2. The number of nitrogens with zero attached hydrogens (tertiary/aromatic N) is 3. The fraction of sp³-hybridized carbons (Fsp3) is 0.182. The van der Waals surface area contributed by atoms with Crippen molar-refractivity contribution in [2.45, 2.75) is 20.1 Å². The molecule has 0 spiro atoms. The molecule has 27 heavy (non-hydrogen) atoms. The fourth-order valence-electron chi connectivity index (χ4n) is 2.94. The zero-order valence-corrected chi connectivity index (χ0v) is 15.5. The summed E-state index contributed by atoms with van der Waals surface area (Å²) in [5.41, 5.74) is 4.36. The maximum absolute atomic E-state index is 5.79. The highest BCUT2D eigenvalue weighted by atomic mass is 16.5. The van der Waals surface area contributed by atoms with Gasteiger partial charge in [0.15, 0.2) is 0 Å². The van der Waals surface area contributed by atoms with Gasteiger partial charge in [-0.2, -0.15) is 0 Å². The molecule has 0 fully saturated rings. The van der Waals surface area contributed by atoms with E-state index < -0.39 is 0 Å². The Hall–Kier alpha value is -3.34. The third kappa shape index (κ3) is 4.08. The highest BCUT2D eigenvalue weighted by Crippen LogP contribution is 2.19. The quantitative estimate of drug-likeness (QED) is 0.553. The van der Waals surface area contributed by atoms with Gasteiger partial charge in [-0.1, -0.05) is 12.1 Å². The molecule has 0 aliphatic heterocycles. The summed E-state index contributed by atoms with van der Waals surface area (Å²) >= 11 is 0. The number of nitrogens with one attached hydrogen (secondary N) is 1. The van der Waals surface area contributed by atoms with Crippen molar-refractivity contribution in [3.8, 4) is 5.75 Å². The Labute approximate surface area is 158 Å². The molecule has 0 aliphatic carbocycles. The minimum Gasteiger partial charge on any atom is -0.486 e. The van der Waals surface area contributed by atoms with Crippen molar-refractivity contribution in [3.05, 3.63) is 84.1 Å². The van der Waals surface area contributed by atoms with E-state index >= 15 is 0 Å². The van der Waals surface area contributed by atoms with E-state index in [1.165, 1.54) is 5.56 Å². The van der Waals surface area contributed by atoms with Crippen LogP contribution in [0.15, 0.2) is 67.0 Å². The van der Waals surface area contributed by atoms with Crippen LogP contribution in [0.25, 0.3) is 10.9 Å². The molecule has 4 rings (SSSR count). The average molecular weight is 358 g/mol. The zero-order chi connectivity index (χ0) is 18.6. The SMILES string of the molecule is Cc1ccc2cc(CNc3ccc(OCc4nccn4C)cc3)ccc2n1. The zero-order valence-electron chi connectivity index (χ0n) is 15.5. The van der Waals surface area contributed by atoms with Crippen molar-refractivity contribution in [2.75, 3.05) is 5.32 Å². The minimum atomic E-state index is 0.459. The van der Waals surface area contributed by atoms with E-state index in [1.807, 2.05) is 55.1 Å². The number of pyridine rings is 1. The van der Waals surface area contributed by atoms with Crippen LogP contribution in [0.2, 0.25) is 0 Å². The summed E-state index contributed by atoms with van der Waals surface area (Å²) in [6.07, 6.45) is 3.69. The van der Waals surface area contributed by atoms with Gasteiger partial charge in [-0.25, -0.2) is 4.98 Å². The van der Waals surface area contributed by atoms with Gasteiger partial charge in [0.25, 0.3) is 0 Å². The summed E-state index contributed by atoms with van der Waals surface area (Å²) in [4.78, 5) is 8.80. The molecule has 1 N–H and O–H groups in total. The van der Waals surface area contributed by atoms with Crippen molar-refractivity contribution in [1.29, 1.82) is 0 Å². The Balaban J connectivity index is 1.36. The Bertz CT molecular complexity index is 1050. The number of hydrogen-bond acceptors (Lipinski definition) is 4. The molecule has 0 unspecified atom stereocenters. The van der Waals surface area contributed by atoms with Crippen LogP contribution >= 0.6 is 0 Å². The highest BCUT2D eigenvalue weighted by molar-refractivity contribution is 5.79. The lowest BCUT2D eigenvalue weighted by molar-refractivity contribution is 0.292. The van der Waals surface area contributed by atoms with Crippen LogP contribution in [-0.4, -0.2) is 14.5 Å². The van der Waals surface area contributed by atoms with E-state index in [-0.39, 0.29) is 0 Å². The van der Waals surface area contributed by atoms with Gasteiger partial charge in [-0.15, -0.1) is 0 Å². The largest absolute Gasteiger partial charge is 0.486 e. The fourth-order valence-corrected chi connectivity index (χ4v) is 2.94. The van der Waals surface area contributed by atoms with E-state index in [4.69, 9.17) is 4.74 Å².